The number of hydrogen-bond acceptors (Lipinski definition) is 1. The van der Waals surface area contributed by atoms with E-state index in [1.807, 2.05) is 0 Å². The van der Waals surface area contributed by atoms with E-state index in [4.69, 9.17) is 5.73 Å². The number of hydrogen-bond donors (Lipinski definition) is 1. The molecule has 0 saturated carbocycles. The van der Waals surface area contributed by atoms with Crippen LogP contribution >= 0.6 is 12.4 Å². The number of benzene rings is 1. The van der Waals surface area contributed by atoms with E-state index in [2.05, 4.69) is 0 Å². The van der Waals surface area contributed by atoms with Crippen molar-refractivity contribution in [3.63, 3.8) is 0 Å². The first kappa shape index (κ1) is 17.1. The molecule has 0 heterocycles. The summed E-state index contributed by atoms with van der Waals surface area (Å²) < 4.78 is 73.9. The smallest absolute Gasteiger partial charge is 0.324 e. The second-order valence-corrected chi connectivity index (χ2v) is 3.47. The lowest BCUT2D eigenvalue weighted by Crippen LogP contribution is -2.16. The predicted octanol–water partition coefficient (Wildman–Crippen LogP) is 3.92. The normalized spacial score (nSPS) is 13.3. The van der Waals surface area contributed by atoms with Crippen LogP contribution in [0.25, 0.3) is 0 Å². The Morgan fingerprint density at radius 2 is 1.72 bits per heavy atom. The summed E-state index contributed by atoms with van der Waals surface area (Å²) in [7, 11) is 0. The van der Waals surface area contributed by atoms with E-state index in [0.29, 0.717) is 12.1 Å². The van der Waals surface area contributed by atoms with Gasteiger partial charge in [0.15, 0.2) is 0 Å². The van der Waals surface area contributed by atoms with Crippen molar-refractivity contribution in [3.05, 3.63) is 35.1 Å². The molecule has 0 bridgehead atoms. The molecular formula is C10H10ClF6N. The van der Waals surface area contributed by atoms with Crippen molar-refractivity contribution < 1.29 is 26.3 Å². The van der Waals surface area contributed by atoms with Crippen LogP contribution in [0.2, 0.25) is 0 Å². The third-order valence-corrected chi connectivity index (χ3v) is 2.16. The lowest BCUT2D eigenvalue weighted by atomic mass is 10.0. The summed E-state index contributed by atoms with van der Waals surface area (Å²) in [4.78, 5) is 0. The molecule has 0 aromatic heterocycles. The van der Waals surface area contributed by atoms with E-state index in [1.165, 1.54) is 0 Å². The number of alkyl halides is 5. The predicted molar refractivity (Wildman–Crippen MR) is 56.2 cm³/mol. The van der Waals surface area contributed by atoms with Crippen molar-refractivity contribution in [1.29, 1.82) is 0 Å². The van der Waals surface area contributed by atoms with Crippen molar-refractivity contribution >= 4 is 12.4 Å². The summed E-state index contributed by atoms with van der Waals surface area (Å²) in [5, 5.41) is 0. The fourth-order valence-corrected chi connectivity index (χ4v) is 1.32. The second kappa shape index (κ2) is 6.29. The first-order valence-corrected chi connectivity index (χ1v) is 4.62. The molecule has 0 unspecified atom stereocenters. The molecule has 1 aromatic carbocycles. The maximum absolute atomic E-state index is 12.9. The van der Waals surface area contributed by atoms with Gasteiger partial charge in [0.25, 0.3) is 0 Å². The van der Waals surface area contributed by atoms with E-state index in [9.17, 15) is 26.3 Å². The molecule has 1 atom stereocenters. The zero-order valence-corrected chi connectivity index (χ0v) is 9.66. The highest BCUT2D eigenvalue weighted by atomic mass is 35.5. The lowest BCUT2D eigenvalue weighted by Gasteiger charge is -2.14. The highest BCUT2D eigenvalue weighted by Gasteiger charge is 2.34. The van der Waals surface area contributed by atoms with Gasteiger partial charge in [-0.1, -0.05) is 6.07 Å². The van der Waals surface area contributed by atoms with Crippen LogP contribution in [0, 0.1) is 5.82 Å². The average Bonchev–Trinajstić information content (AvgIpc) is 2.15. The van der Waals surface area contributed by atoms with Crippen LogP contribution in [-0.4, -0.2) is 6.43 Å². The molecule has 0 fully saturated rings. The molecule has 1 aromatic rings. The molecule has 0 spiro atoms. The molecule has 2 N–H and O–H groups in total. The SMILES string of the molecule is Cl.N[C@H](CC(F)F)c1ccc(F)c(C(F)(F)F)c1. The minimum atomic E-state index is -4.87. The van der Waals surface area contributed by atoms with Crippen LogP contribution in [0.3, 0.4) is 0 Å². The summed E-state index contributed by atoms with van der Waals surface area (Å²) in [6.07, 6.45) is -8.38. The third kappa shape index (κ3) is 4.38. The number of halogens is 7. The summed E-state index contributed by atoms with van der Waals surface area (Å²) in [6, 6.07) is 0.750. The van der Waals surface area contributed by atoms with Gasteiger partial charge in [-0.25, -0.2) is 13.2 Å². The van der Waals surface area contributed by atoms with Crippen molar-refractivity contribution in [2.75, 3.05) is 0 Å². The maximum Gasteiger partial charge on any atom is 0.419 e. The van der Waals surface area contributed by atoms with Gasteiger partial charge in [-0.05, 0) is 17.7 Å². The Kier molecular flexibility index (Phi) is 5.95. The zero-order chi connectivity index (χ0) is 13.2. The summed E-state index contributed by atoms with van der Waals surface area (Å²) >= 11 is 0. The van der Waals surface area contributed by atoms with E-state index < -0.39 is 36.4 Å². The quantitative estimate of drug-likeness (QED) is 0.840. The summed E-state index contributed by atoms with van der Waals surface area (Å²) in [6.45, 7) is 0. The van der Waals surface area contributed by atoms with Crippen LogP contribution in [0.5, 0.6) is 0 Å². The fourth-order valence-electron chi connectivity index (χ4n) is 1.32. The molecule has 0 radical (unpaired) electrons. The van der Waals surface area contributed by atoms with Crippen molar-refractivity contribution in [1.82, 2.24) is 0 Å². The van der Waals surface area contributed by atoms with Gasteiger partial charge in [-0.3, -0.25) is 0 Å². The standard InChI is InChI=1S/C10H9F6N.ClH/c11-7-2-1-5(8(17)4-9(12)13)3-6(7)10(14,15)16;/h1-3,8-9H,4,17H2;1H/t8-;/m1./s1. The van der Waals surface area contributed by atoms with Crippen molar-refractivity contribution in [3.8, 4) is 0 Å². The molecule has 0 aliphatic heterocycles. The Morgan fingerprint density at radius 3 is 2.17 bits per heavy atom. The largest absolute Gasteiger partial charge is 0.419 e. The molecule has 0 aliphatic rings. The molecule has 0 aliphatic carbocycles. The van der Waals surface area contributed by atoms with Crippen LogP contribution in [0.15, 0.2) is 18.2 Å². The summed E-state index contributed by atoms with van der Waals surface area (Å²) in [5.41, 5.74) is 3.62. The van der Waals surface area contributed by atoms with E-state index in [0.717, 1.165) is 6.07 Å². The minimum Gasteiger partial charge on any atom is -0.324 e. The van der Waals surface area contributed by atoms with E-state index in [1.54, 1.807) is 0 Å². The lowest BCUT2D eigenvalue weighted by molar-refractivity contribution is -0.140. The van der Waals surface area contributed by atoms with E-state index in [-0.39, 0.29) is 18.0 Å². The zero-order valence-electron chi connectivity index (χ0n) is 8.85. The molecule has 0 amide bonds. The van der Waals surface area contributed by atoms with Crippen LogP contribution in [0.1, 0.15) is 23.6 Å². The highest BCUT2D eigenvalue weighted by Crippen LogP contribution is 2.33. The fraction of sp³-hybridized carbons (Fsp3) is 0.400. The summed E-state index contributed by atoms with van der Waals surface area (Å²) in [5.74, 6) is -1.45. The second-order valence-electron chi connectivity index (χ2n) is 3.47. The molecule has 1 nitrogen and oxygen atoms in total. The van der Waals surface area contributed by atoms with Gasteiger partial charge in [-0.2, -0.15) is 13.2 Å². The molecule has 104 valence electrons. The Hall–Kier alpha value is -0.950. The number of nitrogens with two attached hydrogens (primary N) is 1. The maximum atomic E-state index is 12.9. The minimum absolute atomic E-state index is 0. The van der Waals surface area contributed by atoms with Crippen LogP contribution in [0.4, 0.5) is 26.3 Å². The third-order valence-electron chi connectivity index (χ3n) is 2.16. The van der Waals surface area contributed by atoms with Gasteiger partial charge in [0.2, 0.25) is 6.43 Å². The molecule has 18 heavy (non-hydrogen) atoms. The van der Waals surface area contributed by atoms with E-state index >= 15 is 0 Å². The first-order chi connectivity index (χ1) is 7.71. The van der Waals surface area contributed by atoms with Gasteiger partial charge < -0.3 is 5.73 Å². The van der Waals surface area contributed by atoms with Crippen molar-refractivity contribution in [2.24, 2.45) is 5.73 Å². The molecule has 0 saturated heterocycles. The van der Waals surface area contributed by atoms with Crippen LogP contribution in [-0.2, 0) is 6.18 Å². The molecule has 1 rings (SSSR count). The number of rotatable bonds is 3. The Labute approximate surface area is 105 Å². The van der Waals surface area contributed by atoms with Gasteiger partial charge in [0, 0.05) is 12.5 Å². The molecular weight excluding hydrogens is 284 g/mol. The van der Waals surface area contributed by atoms with Gasteiger partial charge in [-0.15, -0.1) is 12.4 Å². The average molecular weight is 294 g/mol. The van der Waals surface area contributed by atoms with Gasteiger partial charge >= 0.3 is 6.18 Å². The first-order valence-electron chi connectivity index (χ1n) is 4.62. The van der Waals surface area contributed by atoms with Gasteiger partial charge in [0.05, 0.1) is 5.56 Å². The molecule has 8 heteroatoms. The topological polar surface area (TPSA) is 26.0 Å². The van der Waals surface area contributed by atoms with Crippen molar-refractivity contribution in [2.45, 2.75) is 25.1 Å². The Bertz CT molecular complexity index is 392. The van der Waals surface area contributed by atoms with Gasteiger partial charge in [0.1, 0.15) is 5.82 Å². The monoisotopic (exact) mass is 293 g/mol. The Balaban J connectivity index is 0.00000289. The van der Waals surface area contributed by atoms with Crippen LogP contribution < -0.4 is 5.73 Å². The highest BCUT2D eigenvalue weighted by molar-refractivity contribution is 5.85. The Morgan fingerprint density at radius 1 is 1.17 bits per heavy atom.